The van der Waals surface area contributed by atoms with Crippen LogP contribution in [0.3, 0.4) is 0 Å². The number of piperidine rings is 1. The van der Waals surface area contributed by atoms with Crippen LogP contribution in [0.25, 0.3) is 0 Å². The van der Waals surface area contributed by atoms with E-state index in [4.69, 9.17) is 5.73 Å². The zero-order valence-electron chi connectivity index (χ0n) is 15.2. The summed E-state index contributed by atoms with van der Waals surface area (Å²) in [5.41, 5.74) is 8.22. The Morgan fingerprint density at radius 1 is 1.24 bits per heavy atom. The molecule has 1 atom stereocenters. The molecule has 0 aromatic heterocycles. The minimum Gasteiger partial charge on any atom is -0.352 e. The van der Waals surface area contributed by atoms with Gasteiger partial charge in [-0.1, -0.05) is 43.2 Å². The average molecular weight is 368 g/mol. The lowest BCUT2D eigenvalue weighted by molar-refractivity contribution is -0.136. The lowest BCUT2D eigenvalue weighted by Crippen LogP contribution is -2.48. The predicted molar refractivity (Wildman–Crippen MR) is 102 cm³/mol. The van der Waals surface area contributed by atoms with E-state index < -0.39 is 6.04 Å². The second-order valence-electron chi connectivity index (χ2n) is 6.70. The molecule has 1 aromatic rings. The van der Waals surface area contributed by atoms with Gasteiger partial charge < -0.3 is 16.0 Å². The summed E-state index contributed by atoms with van der Waals surface area (Å²) in [4.78, 5) is 26.3. The van der Waals surface area contributed by atoms with Gasteiger partial charge in [0.05, 0.1) is 6.04 Å². The molecule has 0 spiro atoms. The van der Waals surface area contributed by atoms with E-state index in [0.29, 0.717) is 32.5 Å². The van der Waals surface area contributed by atoms with Crippen LogP contribution in [0.1, 0.15) is 43.7 Å². The number of aryl methyl sites for hydroxylation is 1. The Balaban J connectivity index is 0.00000312. The maximum Gasteiger partial charge on any atom is 0.239 e. The van der Waals surface area contributed by atoms with Crippen molar-refractivity contribution in [2.75, 3.05) is 13.1 Å². The summed E-state index contributed by atoms with van der Waals surface area (Å²) < 4.78 is 0. The first-order chi connectivity index (χ1) is 11.5. The predicted octanol–water partition coefficient (Wildman–Crippen LogP) is 2.40. The van der Waals surface area contributed by atoms with Gasteiger partial charge >= 0.3 is 0 Å². The van der Waals surface area contributed by atoms with Crippen molar-refractivity contribution in [3.8, 4) is 0 Å². The Hall–Kier alpha value is -1.59. The quantitative estimate of drug-likeness (QED) is 0.810. The Morgan fingerprint density at radius 2 is 1.84 bits per heavy atom. The van der Waals surface area contributed by atoms with Gasteiger partial charge in [0.1, 0.15) is 0 Å². The third kappa shape index (κ3) is 6.33. The number of benzene rings is 1. The van der Waals surface area contributed by atoms with Gasteiger partial charge in [-0.15, -0.1) is 12.4 Å². The zero-order valence-corrected chi connectivity index (χ0v) is 16.0. The molecule has 1 aliphatic heterocycles. The van der Waals surface area contributed by atoms with Crippen molar-refractivity contribution in [3.05, 3.63) is 35.4 Å². The van der Waals surface area contributed by atoms with Crippen LogP contribution in [0.5, 0.6) is 0 Å². The lowest BCUT2D eigenvalue weighted by Gasteiger charge is -2.33. The smallest absolute Gasteiger partial charge is 0.239 e. The summed E-state index contributed by atoms with van der Waals surface area (Å²) in [5, 5.41) is 3.01. The number of hydrogen-bond acceptors (Lipinski definition) is 3. The average Bonchev–Trinajstić information content (AvgIpc) is 2.60. The number of amides is 2. The van der Waals surface area contributed by atoms with E-state index in [1.807, 2.05) is 43.0 Å². The van der Waals surface area contributed by atoms with Gasteiger partial charge in [-0.05, 0) is 31.7 Å². The standard InChI is InChI=1S/C19H29N3O2.ClH/c1-3-4-17(20)19(24)22-11-9-16(10-12-22)18(23)21-13-15-7-5-14(2)6-8-15;/h5-8,16-17H,3-4,9-13,20H2,1-2H3,(H,21,23);1H. The van der Waals surface area contributed by atoms with Gasteiger partial charge in [0.2, 0.25) is 11.8 Å². The first kappa shape index (κ1) is 21.5. The largest absolute Gasteiger partial charge is 0.352 e. The van der Waals surface area contributed by atoms with E-state index in [1.165, 1.54) is 5.56 Å². The maximum absolute atomic E-state index is 12.3. The maximum atomic E-state index is 12.3. The summed E-state index contributed by atoms with van der Waals surface area (Å²) >= 11 is 0. The van der Waals surface area contributed by atoms with Crippen LogP contribution in [0.4, 0.5) is 0 Å². The van der Waals surface area contributed by atoms with Crippen LogP contribution in [-0.4, -0.2) is 35.8 Å². The summed E-state index contributed by atoms with van der Waals surface area (Å²) in [6, 6.07) is 7.76. The number of nitrogens with two attached hydrogens (primary N) is 1. The number of halogens is 1. The number of nitrogens with zero attached hydrogens (tertiary/aromatic N) is 1. The monoisotopic (exact) mass is 367 g/mol. The second kappa shape index (κ2) is 10.4. The Labute approximate surface area is 156 Å². The lowest BCUT2D eigenvalue weighted by atomic mass is 9.95. The van der Waals surface area contributed by atoms with E-state index >= 15 is 0 Å². The fraction of sp³-hybridized carbons (Fsp3) is 0.579. The minimum atomic E-state index is -0.401. The topological polar surface area (TPSA) is 75.4 Å². The fourth-order valence-corrected chi connectivity index (χ4v) is 3.07. The third-order valence-corrected chi connectivity index (χ3v) is 4.68. The Bertz CT molecular complexity index is 554. The highest BCUT2D eigenvalue weighted by atomic mass is 35.5. The number of hydrogen-bond donors (Lipinski definition) is 2. The van der Waals surface area contributed by atoms with E-state index in [1.54, 1.807) is 0 Å². The molecule has 0 saturated carbocycles. The van der Waals surface area contributed by atoms with E-state index in [9.17, 15) is 9.59 Å². The summed E-state index contributed by atoms with van der Waals surface area (Å²) in [7, 11) is 0. The van der Waals surface area contributed by atoms with Crippen LogP contribution in [0.2, 0.25) is 0 Å². The van der Waals surface area contributed by atoms with Crippen molar-refractivity contribution >= 4 is 24.2 Å². The highest BCUT2D eigenvalue weighted by Crippen LogP contribution is 2.18. The van der Waals surface area contributed by atoms with Crippen molar-refractivity contribution in [2.24, 2.45) is 11.7 Å². The third-order valence-electron chi connectivity index (χ3n) is 4.68. The van der Waals surface area contributed by atoms with Crippen LogP contribution >= 0.6 is 12.4 Å². The molecule has 1 aliphatic rings. The molecule has 140 valence electrons. The van der Waals surface area contributed by atoms with Crippen LogP contribution in [0, 0.1) is 12.8 Å². The summed E-state index contributed by atoms with van der Waals surface area (Å²) in [6.45, 7) is 5.87. The van der Waals surface area contributed by atoms with Crippen LogP contribution < -0.4 is 11.1 Å². The molecule has 0 bridgehead atoms. The Morgan fingerprint density at radius 3 is 2.40 bits per heavy atom. The van der Waals surface area contributed by atoms with Gasteiger partial charge in [-0.2, -0.15) is 0 Å². The molecule has 0 aliphatic carbocycles. The summed E-state index contributed by atoms with van der Waals surface area (Å²) in [6.07, 6.45) is 3.05. The van der Waals surface area contributed by atoms with E-state index in [2.05, 4.69) is 5.32 Å². The van der Waals surface area contributed by atoms with Crippen LogP contribution in [-0.2, 0) is 16.1 Å². The molecule has 2 rings (SSSR count). The SMILES string of the molecule is CCCC(N)C(=O)N1CCC(C(=O)NCc2ccc(C)cc2)CC1.Cl. The van der Waals surface area contributed by atoms with E-state index in [0.717, 1.165) is 18.4 Å². The molecule has 1 unspecified atom stereocenters. The van der Waals surface area contributed by atoms with Gasteiger partial charge in [0.15, 0.2) is 0 Å². The number of likely N-dealkylation sites (tertiary alicyclic amines) is 1. The van der Waals surface area contributed by atoms with Gasteiger partial charge in [-0.25, -0.2) is 0 Å². The van der Waals surface area contributed by atoms with E-state index in [-0.39, 0.29) is 30.1 Å². The highest BCUT2D eigenvalue weighted by Gasteiger charge is 2.29. The number of nitrogens with one attached hydrogen (secondary N) is 1. The number of rotatable bonds is 6. The van der Waals surface area contributed by atoms with Gasteiger partial charge in [0.25, 0.3) is 0 Å². The molecule has 3 N–H and O–H groups in total. The molecule has 6 heteroatoms. The van der Waals surface area contributed by atoms with Crippen molar-refractivity contribution in [3.63, 3.8) is 0 Å². The molecule has 1 heterocycles. The minimum absolute atomic E-state index is 0. The number of carbonyl (C=O) groups excluding carboxylic acids is 2. The van der Waals surface area contributed by atoms with Crippen molar-refractivity contribution in [1.82, 2.24) is 10.2 Å². The van der Waals surface area contributed by atoms with Crippen molar-refractivity contribution in [2.45, 2.75) is 52.1 Å². The van der Waals surface area contributed by atoms with Crippen molar-refractivity contribution in [1.29, 1.82) is 0 Å². The van der Waals surface area contributed by atoms with Gasteiger partial charge in [-0.3, -0.25) is 9.59 Å². The first-order valence-electron chi connectivity index (χ1n) is 8.89. The Kier molecular flexibility index (Phi) is 8.93. The molecule has 1 fully saturated rings. The summed E-state index contributed by atoms with van der Waals surface area (Å²) in [5.74, 6) is 0.0952. The molecular weight excluding hydrogens is 338 g/mol. The zero-order chi connectivity index (χ0) is 17.5. The second-order valence-corrected chi connectivity index (χ2v) is 6.70. The first-order valence-corrected chi connectivity index (χ1v) is 8.89. The molecule has 0 radical (unpaired) electrons. The molecule has 1 aromatic carbocycles. The molecule has 5 nitrogen and oxygen atoms in total. The normalized spacial score (nSPS) is 16.0. The molecular formula is C19H30ClN3O2. The molecule has 1 saturated heterocycles. The number of carbonyl (C=O) groups is 2. The van der Waals surface area contributed by atoms with Crippen molar-refractivity contribution < 1.29 is 9.59 Å². The van der Waals surface area contributed by atoms with Gasteiger partial charge in [0, 0.05) is 25.6 Å². The highest BCUT2D eigenvalue weighted by molar-refractivity contribution is 5.85. The fourth-order valence-electron chi connectivity index (χ4n) is 3.07. The van der Waals surface area contributed by atoms with Crippen LogP contribution in [0.15, 0.2) is 24.3 Å². The molecule has 25 heavy (non-hydrogen) atoms. The molecule has 2 amide bonds.